The van der Waals surface area contributed by atoms with Crippen molar-refractivity contribution in [2.75, 3.05) is 0 Å². The summed E-state index contributed by atoms with van der Waals surface area (Å²) in [5.74, 6) is -0.523. The molecule has 2 rings (SSSR count). The molecule has 0 aromatic carbocycles. The van der Waals surface area contributed by atoms with Crippen LogP contribution in [0.3, 0.4) is 0 Å². The molecule has 0 unspecified atom stereocenters. The van der Waals surface area contributed by atoms with Gasteiger partial charge in [-0.3, -0.25) is 4.57 Å². The molecule has 1 aromatic rings. The molecule has 1 heterocycles. The number of fused-ring (bicyclic) bond motifs is 1. The van der Waals surface area contributed by atoms with Gasteiger partial charge in [-0.05, 0) is 32.1 Å². The van der Waals surface area contributed by atoms with Gasteiger partial charge in [-0.15, -0.1) is 0 Å². The van der Waals surface area contributed by atoms with E-state index < -0.39 is 5.97 Å². The molecule has 0 saturated carbocycles. The van der Waals surface area contributed by atoms with Crippen LogP contribution in [0.15, 0.2) is 0 Å². The SMILES string of the molecule is O=C(CCCn1c(O)c2c(c1O)CCCC2)OO. The maximum absolute atomic E-state index is 10.8. The highest BCUT2D eigenvalue weighted by Crippen LogP contribution is 2.38. The van der Waals surface area contributed by atoms with Gasteiger partial charge in [0.15, 0.2) is 11.8 Å². The summed E-state index contributed by atoms with van der Waals surface area (Å²) in [6, 6.07) is 0. The number of carbonyl (C=O) groups is 1. The van der Waals surface area contributed by atoms with Gasteiger partial charge in [-0.2, -0.15) is 5.26 Å². The van der Waals surface area contributed by atoms with E-state index in [1.807, 2.05) is 0 Å². The third kappa shape index (κ3) is 2.28. The molecule has 3 N–H and O–H groups in total. The molecule has 0 radical (unpaired) electrons. The Kier molecular flexibility index (Phi) is 3.76. The fourth-order valence-corrected chi connectivity index (χ4v) is 2.46. The van der Waals surface area contributed by atoms with E-state index in [9.17, 15) is 15.0 Å². The summed E-state index contributed by atoms with van der Waals surface area (Å²) in [7, 11) is 0. The molecule has 1 aliphatic rings. The predicted octanol–water partition coefficient (Wildman–Crippen LogP) is 1.57. The lowest BCUT2D eigenvalue weighted by Gasteiger charge is -2.09. The normalized spacial score (nSPS) is 14.3. The summed E-state index contributed by atoms with van der Waals surface area (Å²) in [6.45, 7) is 0.319. The van der Waals surface area contributed by atoms with E-state index in [4.69, 9.17) is 5.26 Å². The molecule has 0 spiro atoms. The van der Waals surface area contributed by atoms with Crippen LogP contribution < -0.4 is 0 Å². The number of nitrogens with zero attached hydrogens (tertiary/aromatic N) is 1. The first-order valence-corrected chi connectivity index (χ1v) is 6.11. The Morgan fingerprint density at radius 2 is 1.72 bits per heavy atom. The Morgan fingerprint density at radius 1 is 1.17 bits per heavy atom. The maximum atomic E-state index is 10.8. The monoisotopic (exact) mass is 255 g/mol. The number of carbonyl (C=O) groups excluding carboxylic acids is 1. The van der Waals surface area contributed by atoms with Gasteiger partial charge in [-0.25, -0.2) is 4.79 Å². The minimum absolute atomic E-state index is 0.0399. The highest BCUT2D eigenvalue weighted by atomic mass is 17.1. The average Bonchev–Trinajstić information content (AvgIpc) is 2.64. The smallest absolute Gasteiger partial charge is 0.342 e. The van der Waals surface area contributed by atoms with Gasteiger partial charge in [0.25, 0.3) is 0 Å². The highest BCUT2D eigenvalue weighted by Gasteiger charge is 2.24. The standard InChI is InChI=1S/C12H17NO5/c14-10(18-17)6-3-7-13-11(15)8-4-1-2-5-9(8)12(13)16/h15-17H,1-7H2. The van der Waals surface area contributed by atoms with Gasteiger partial charge in [-0.1, -0.05) is 0 Å². The summed E-state index contributed by atoms with van der Waals surface area (Å²) in [6.07, 6.45) is 4.01. The van der Waals surface area contributed by atoms with Crippen molar-refractivity contribution in [2.45, 2.75) is 45.1 Å². The first kappa shape index (κ1) is 12.8. The van der Waals surface area contributed by atoms with Crippen LogP contribution in [0.4, 0.5) is 0 Å². The van der Waals surface area contributed by atoms with Crippen molar-refractivity contribution in [3.8, 4) is 11.8 Å². The first-order valence-electron chi connectivity index (χ1n) is 6.11. The number of hydrogen-bond acceptors (Lipinski definition) is 5. The molecule has 0 fully saturated rings. The van der Waals surface area contributed by atoms with E-state index in [1.165, 1.54) is 4.57 Å². The Bertz CT molecular complexity index is 422. The number of hydrogen-bond donors (Lipinski definition) is 3. The lowest BCUT2D eigenvalue weighted by molar-refractivity contribution is -0.234. The zero-order valence-electron chi connectivity index (χ0n) is 10.1. The molecular formula is C12H17NO5. The van der Waals surface area contributed by atoms with Gasteiger partial charge < -0.3 is 15.1 Å². The Hall–Kier alpha value is -1.69. The van der Waals surface area contributed by atoms with E-state index in [1.54, 1.807) is 0 Å². The molecule has 100 valence electrons. The van der Waals surface area contributed by atoms with Crippen molar-refractivity contribution in [1.29, 1.82) is 0 Å². The van der Waals surface area contributed by atoms with E-state index in [2.05, 4.69) is 4.89 Å². The van der Waals surface area contributed by atoms with Gasteiger partial charge in [0.05, 0.1) is 6.42 Å². The third-order valence-corrected chi connectivity index (χ3v) is 3.38. The third-order valence-electron chi connectivity index (χ3n) is 3.38. The molecule has 6 heteroatoms. The molecule has 0 aliphatic heterocycles. The van der Waals surface area contributed by atoms with Gasteiger partial charge in [0.2, 0.25) is 0 Å². The van der Waals surface area contributed by atoms with Crippen molar-refractivity contribution in [3.05, 3.63) is 11.1 Å². The molecule has 18 heavy (non-hydrogen) atoms. The molecule has 0 bridgehead atoms. The van der Waals surface area contributed by atoms with Crippen molar-refractivity contribution in [1.82, 2.24) is 4.57 Å². The van der Waals surface area contributed by atoms with Crippen LogP contribution in [0.1, 0.15) is 36.8 Å². The first-order chi connectivity index (χ1) is 8.65. The van der Waals surface area contributed by atoms with E-state index in [0.717, 1.165) is 36.8 Å². The lowest BCUT2D eigenvalue weighted by atomic mass is 9.95. The van der Waals surface area contributed by atoms with Crippen LogP contribution >= 0.6 is 0 Å². The lowest BCUT2D eigenvalue weighted by Crippen LogP contribution is -2.04. The van der Waals surface area contributed by atoms with E-state index in [0.29, 0.717) is 13.0 Å². The van der Waals surface area contributed by atoms with Crippen molar-refractivity contribution < 1.29 is 25.2 Å². The minimum atomic E-state index is -0.717. The molecule has 0 amide bonds. The summed E-state index contributed by atoms with van der Waals surface area (Å²) in [5.41, 5.74) is 1.65. The number of rotatable bonds is 4. The second-order valence-corrected chi connectivity index (χ2v) is 4.53. The van der Waals surface area contributed by atoms with E-state index >= 15 is 0 Å². The highest BCUT2D eigenvalue weighted by molar-refractivity contribution is 5.68. The van der Waals surface area contributed by atoms with Crippen LogP contribution in [0.5, 0.6) is 11.8 Å². The largest absolute Gasteiger partial charge is 0.494 e. The van der Waals surface area contributed by atoms with E-state index in [-0.39, 0.29) is 18.2 Å². The summed E-state index contributed by atoms with van der Waals surface area (Å²) in [4.78, 5) is 14.3. The van der Waals surface area contributed by atoms with Crippen LogP contribution in [-0.2, 0) is 29.1 Å². The van der Waals surface area contributed by atoms with Crippen molar-refractivity contribution in [3.63, 3.8) is 0 Å². The van der Waals surface area contributed by atoms with Crippen molar-refractivity contribution >= 4 is 5.97 Å². The Labute approximate surface area is 104 Å². The average molecular weight is 255 g/mol. The number of aromatic hydroxyl groups is 2. The van der Waals surface area contributed by atoms with Crippen LogP contribution in [-0.4, -0.2) is 26.0 Å². The summed E-state index contributed by atoms with van der Waals surface area (Å²) < 4.78 is 1.42. The predicted molar refractivity (Wildman–Crippen MR) is 62.4 cm³/mol. The second kappa shape index (κ2) is 5.30. The zero-order valence-corrected chi connectivity index (χ0v) is 10.1. The molecule has 1 aromatic heterocycles. The number of aromatic nitrogens is 1. The molecule has 0 atom stereocenters. The summed E-state index contributed by atoms with van der Waals surface area (Å²) >= 11 is 0. The van der Waals surface area contributed by atoms with Gasteiger partial charge >= 0.3 is 5.97 Å². The Balaban J connectivity index is 2.09. The maximum Gasteiger partial charge on any atom is 0.342 e. The van der Waals surface area contributed by atoms with Gasteiger partial charge in [0.1, 0.15) is 0 Å². The zero-order chi connectivity index (χ0) is 13.1. The fraction of sp³-hybridized carbons (Fsp3) is 0.583. The fourth-order valence-electron chi connectivity index (χ4n) is 2.46. The van der Waals surface area contributed by atoms with Crippen molar-refractivity contribution in [2.24, 2.45) is 0 Å². The van der Waals surface area contributed by atoms with Crippen LogP contribution in [0.25, 0.3) is 0 Å². The summed E-state index contributed by atoms with van der Waals surface area (Å²) in [5, 5.41) is 28.1. The van der Waals surface area contributed by atoms with Gasteiger partial charge in [0, 0.05) is 17.7 Å². The molecule has 0 saturated heterocycles. The topological polar surface area (TPSA) is 91.9 Å². The molecular weight excluding hydrogens is 238 g/mol. The Morgan fingerprint density at radius 3 is 2.22 bits per heavy atom. The molecule has 6 nitrogen and oxygen atoms in total. The minimum Gasteiger partial charge on any atom is -0.494 e. The molecule has 1 aliphatic carbocycles. The second-order valence-electron chi connectivity index (χ2n) is 4.53. The quantitative estimate of drug-likeness (QED) is 0.561. The van der Waals surface area contributed by atoms with Crippen LogP contribution in [0.2, 0.25) is 0 Å². The van der Waals surface area contributed by atoms with Crippen LogP contribution in [0, 0.1) is 0 Å².